The molecular formula is C41H51N3O3. The minimum absolute atomic E-state index is 0.00552. The predicted octanol–water partition coefficient (Wildman–Crippen LogP) is 9.19. The van der Waals surface area contributed by atoms with Crippen molar-refractivity contribution in [3.8, 4) is 0 Å². The zero-order valence-corrected chi connectivity index (χ0v) is 29.8. The highest BCUT2D eigenvalue weighted by Gasteiger charge is 2.68. The third-order valence-corrected chi connectivity index (χ3v) is 14.3. The third-order valence-electron chi connectivity index (χ3n) is 14.3. The quantitative estimate of drug-likeness (QED) is 0.212. The summed E-state index contributed by atoms with van der Waals surface area (Å²) in [6.45, 7) is 19.7. The molecule has 0 bridgehead atoms. The fourth-order valence-electron chi connectivity index (χ4n) is 10.7. The van der Waals surface area contributed by atoms with E-state index in [1.165, 1.54) is 23.1 Å². The molecular weight excluding hydrogens is 582 g/mol. The first-order valence-electron chi connectivity index (χ1n) is 17.7. The summed E-state index contributed by atoms with van der Waals surface area (Å²) in [5.41, 5.74) is 8.62. The Hall–Kier alpha value is -3.54. The van der Waals surface area contributed by atoms with Gasteiger partial charge in [-0.15, -0.1) is 0 Å². The molecule has 6 heteroatoms. The molecule has 6 atom stereocenters. The summed E-state index contributed by atoms with van der Waals surface area (Å²) in [5, 5.41) is 0. The third kappa shape index (κ3) is 4.21. The van der Waals surface area contributed by atoms with Crippen molar-refractivity contribution in [3.05, 3.63) is 58.7 Å². The molecule has 2 aromatic carbocycles. The molecule has 2 saturated carbocycles. The Morgan fingerprint density at radius 1 is 0.936 bits per heavy atom. The monoisotopic (exact) mass is 633 g/mol. The van der Waals surface area contributed by atoms with E-state index in [9.17, 15) is 9.59 Å². The van der Waals surface area contributed by atoms with E-state index >= 15 is 0 Å². The van der Waals surface area contributed by atoms with Crippen molar-refractivity contribution in [1.29, 1.82) is 0 Å². The van der Waals surface area contributed by atoms with Gasteiger partial charge in [0.2, 0.25) is 0 Å². The number of carbonyl (C=O) groups excluding carboxylic acids is 2. The van der Waals surface area contributed by atoms with Crippen LogP contribution in [0.2, 0.25) is 0 Å². The fourth-order valence-corrected chi connectivity index (χ4v) is 10.7. The largest absolute Gasteiger partial charge is 0.469 e. The molecule has 0 N–H and O–H groups in total. The summed E-state index contributed by atoms with van der Waals surface area (Å²) >= 11 is 0. The summed E-state index contributed by atoms with van der Waals surface area (Å²) in [6.07, 6.45) is 13.5. The van der Waals surface area contributed by atoms with Crippen LogP contribution in [0.3, 0.4) is 0 Å². The van der Waals surface area contributed by atoms with Crippen molar-refractivity contribution >= 4 is 45.6 Å². The second-order valence-electron chi connectivity index (χ2n) is 16.3. The Morgan fingerprint density at radius 2 is 1.66 bits per heavy atom. The predicted molar refractivity (Wildman–Crippen MR) is 190 cm³/mol. The molecule has 4 aliphatic rings. The van der Waals surface area contributed by atoms with Crippen molar-refractivity contribution in [2.24, 2.45) is 33.0 Å². The number of aromatic nitrogens is 2. The average molecular weight is 634 g/mol. The number of hydrogen-bond donors (Lipinski definition) is 0. The number of aryl methyl sites for hydroxylation is 1. The lowest BCUT2D eigenvalue weighted by Crippen LogP contribution is -2.63. The maximum atomic E-state index is 13.2. The van der Waals surface area contributed by atoms with Crippen LogP contribution in [0.5, 0.6) is 0 Å². The van der Waals surface area contributed by atoms with Crippen LogP contribution in [-0.2, 0) is 9.53 Å². The van der Waals surface area contributed by atoms with Crippen molar-refractivity contribution in [3.63, 3.8) is 0 Å². The Bertz CT molecular complexity index is 1910. The van der Waals surface area contributed by atoms with E-state index in [2.05, 4.69) is 65.8 Å². The highest BCUT2D eigenvalue weighted by Crippen LogP contribution is 2.76. The lowest BCUT2D eigenvalue weighted by atomic mass is 9.33. The Labute approximate surface area is 280 Å². The highest BCUT2D eigenvalue weighted by molar-refractivity contribution is 6.00. The lowest BCUT2D eigenvalue weighted by molar-refractivity contribution is -0.190. The number of ether oxygens (including phenoxy) is 1. The van der Waals surface area contributed by atoms with Crippen LogP contribution in [0, 0.1) is 39.9 Å². The van der Waals surface area contributed by atoms with Gasteiger partial charge in [0.15, 0.2) is 0 Å². The van der Waals surface area contributed by atoms with Crippen LogP contribution < -0.4 is 0 Å². The molecule has 0 aliphatic heterocycles. The number of esters is 1. The normalized spacial score (nSPS) is 34.1. The standard InChI is InChI=1S/C41H51N3O3/c1-10-44(11-2)35(45)26-12-13-30-31(22-26)42-32-23-28-27(25(3)34(32)43-30)14-16-39(6)29(28)15-17-40(7)33-24-38(5,36(46)47-9)19-18-37(33,4)20-21-41(39,40)8/h12-16,22-23,33H,10-11,17-21,24H2,1-9H3/t33-,37-,38-,39-,40+,41-/m1/s1. The smallest absolute Gasteiger partial charge is 0.311 e. The number of carbonyl (C=O) groups is 2. The molecule has 3 aromatic rings. The molecule has 0 saturated heterocycles. The topological polar surface area (TPSA) is 72.4 Å². The van der Waals surface area contributed by atoms with Gasteiger partial charge < -0.3 is 9.64 Å². The lowest BCUT2D eigenvalue weighted by Gasteiger charge is -2.70. The van der Waals surface area contributed by atoms with Crippen LogP contribution in [0.1, 0.15) is 114 Å². The number of hydrogen-bond acceptors (Lipinski definition) is 5. The van der Waals surface area contributed by atoms with E-state index < -0.39 is 5.41 Å². The molecule has 0 radical (unpaired) electrons. The van der Waals surface area contributed by atoms with Gasteiger partial charge in [0.05, 0.1) is 34.6 Å². The van der Waals surface area contributed by atoms with Crippen LogP contribution in [0.15, 0.2) is 36.4 Å². The number of amides is 1. The van der Waals surface area contributed by atoms with Gasteiger partial charge >= 0.3 is 5.97 Å². The summed E-state index contributed by atoms with van der Waals surface area (Å²) < 4.78 is 5.36. The van der Waals surface area contributed by atoms with Crippen LogP contribution >= 0.6 is 0 Å². The van der Waals surface area contributed by atoms with Crippen LogP contribution in [0.25, 0.3) is 33.7 Å². The van der Waals surface area contributed by atoms with E-state index in [0.29, 0.717) is 24.6 Å². The number of rotatable bonds is 4. The molecule has 6 nitrogen and oxygen atoms in total. The van der Waals surface area contributed by atoms with Crippen LogP contribution in [-0.4, -0.2) is 46.9 Å². The van der Waals surface area contributed by atoms with Crippen molar-refractivity contribution in [2.45, 2.75) is 93.9 Å². The van der Waals surface area contributed by atoms with Gasteiger partial charge in [-0.05, 0) is 135 Å². The number of nitrogens with zero attached hydrogens (tertiary/aromatic N) is 3. The Morgan fingerprint density at radius 3 is 2.36 bits per heavy atom. The molecule has 1 amide bonds. The second kappa shape index (κ2) is 10.5. The van der Waals surface area contributed by atoms with Gasteiger partial charge in [0, 0.05) is 24.1 Å². The SMILES string of the molecule is CCN(CC)C(=O)c1ccc2nc3c(C)c4c(cc3nc2c1)C1=CC[C@@]2(C)[C@@H]3C[C@](C)(C(=O)OC)CC[C@]3(C)CC[C@]2(C)[C@]1(C)C=C4. The molecule has 1 heterocycles. The average Bonchev–Trinajstić information content (AvgIpc) is 3.06. The maximum Gasteiger partial charge on any atom is 0.311 e. The Balaban J connectivity index is 1.35. The van der Waals surface area contributed by atoms with E-state index in [1.54, 1.807) is 7.11 Å². The first-order valence-corrected chi connectivity index (χ1v) is 17.7. The molecule has 248 valence electrons. The maximum absolute atomic E-state index is 13.2. The van der Waals surface area contributed by atoms with Crippen LogP contribution in [0.4, 0.5) is 0 Å². The number of allylic oxidation sites excluding steroid dienone is 3. The van der Waals surface area contributed by atoms with Gasteiger partial charge in [-0.1, -0.05) is 45.9 Å². The van der Waals surface area contributed by atoms with Crippen molar-refractivity contribution < 1.29 is 14.3 Å². The van der Waals surface area contributed by atoms with E-state index in [-0.39, 0.29) is 33.5 Å². The Kier molecular flexibility index (Phi) is 7.14. The van der Waals surface area contributed by atoms with E-state index in [0.717, 1.165) is 59.7 Å². The highest BCUT2D eigenvalue weighted by atomic mass is 16.5. The van der Waals surface area contributed by atoms with Gasteiger partial charge in [-0.3, -0.25) is 9.59 Å². The second-order valence-corrected chi connectivity index (χ2v) is 16.3. The number of fused-ring (bicyclic) bond motifs is 9. The van der Waals surface area contributed by atoms with Crippen molar-refractivity contribution in [2.75, 3.05) is 20.2 Å². The van der Waals surface area contributed by atoms with Gasteiger partial charge in [-0.25, -0.2) is 9.97 Å². The molecule has 47 heavy (non-hydrogen) atoms. The number of methoxy groups -OCH3 is 1. The fraction of sp³-hybridized carbons (Fsp3) is 0.561. The van der Waals surface area contributed by atoms with Gasteiger partial charge in [0.1, 0.15) is 0 Å². The molecule has 4 aliphatic carbocycles. The molecule has 1 aromatic heterocycles. The summed E-state index contributed by atoms with van der Waals surface area (Å²) in [4.78, 5) is 38.3. The molecule has 2 fully saturated rings. The minimum atomic E-state index is -0.437. The number of benzene rings is 2. The summed E-state index contributed by atoms with van der Waals surface area (Å²) in [6, 6.07) is 7.97. The summed E-state index contributed by atoms with van der Waals surface area (Å²) in [5.74, 6) is 0.388. The first kappa shape index (κ1) is 32.0. The zero-order valence-electron chi connectivity index (χ0n) is 29.8. The molecule has 0 unspecified atom stereocenters. The van der Waals surface area contributed by atoms with Crippen molar-refractivity contribution in [1.82, 2.24) is 14.9 Å². The van der Waals surface area contributed by atoms with Gasteiger partial charge in [-0.2, -0.15) is 0 Å². The van der Waals surface area contributed by atoms with E-state index in [4.69, 9.17) is 14.7 Å². The zero-order chi connectivity index (χ0) is 33.7. The molecule has 0 spiro atoms. The minimum Gasteiger partial charge on any atom is -0.469 e. The first-order chi connectivity index (χ1) is 22.2. The van der Waals surface area contributed by atoms with E-state index in [1.807, 2.05) is 36.9 Å². The van der Waals surface area contributed by atoms with Gasteiger partial charge in [0.25, 0.3) is 5.91 Å². The molecule has 7 rings (SSSR count). The summed E-state index contributed by atoms with van der Waals surface area (Å²) in [7, 11) is 1.54.